The summed E-state index contributed by atoms with van der Waals surface area (Å²) in [6.07, 6.45) is -0.358. The predicted molar refractivity (Wildman–Crippen MR) is 33.7 cm³/mol. The molecule has 2 amide bonds. The molecule has 1 aliphatic rings. The fraction of sp³-hybridized carbons (Fsp3) is 0.500. The molecule has 0 aromatic carbocycles. The third-order valence-electron chi connectivity index (χ3n) is 1.32. The second-order valence-corrected chi connectivity index (χ2v) is 3.45. The first-order chi connectivity index (χ1) is 5.49. The molecule has 1 saturated heterocycles. The van der Waals surface area contributed by atoms with E-state index in [4.69, 9.17) is 5.26 Å². The van der Waals surface area contributed by atoms with E-state index < -0.39 is 22.1 Å². The lowest BCUT2D eigenvalue weighted by atomic mass is 10.4. The third-order valence-corrected chi connectivity index (χ3v) is 2.37. The zero-order valence-electron chi connectivity index (χ0n) is 5.76. The van der Waals surface area contributed by atoms with Crippen LogP contribution in [0.3, 0.4) is 0 Å². The number of imide groups is 1. The molecule has 0 bridgehead atoms. The Hall–Kier alpha value is -0.990. The first-order valence-electron chi connectivity index (χ1n) is 2.93. The van der Waals surface area contributed by atoms with Gasteiger partial charge in [0.05, 0.1) is 0 Å². The molecule has 0 atom stereocenters. The first-order valence-corrected chi connectivity index (χ1v) is 4.29. The van der Waals surface area contributed by atoms with Gasteiger partial charge in [0.15, 0.2) is 0 Å². The second-order valence-electron chi connectivity index (χ2n) is 2.08. The number of amides is 2. The summed E-state index contributed by atoms with van der Waals surface area (Å²) < 4.78 is 24.2. The Bertz CT molecular complexity index is 302. The Morgan fingerprint density at radius 2 is 1.67 bits per heavy atom. The molecule has 0 aromatic rings. The van der Waals surface area contributed by atoms with E-state index in [-0.39, 0.29) is 17.1 Å². The lowest BCUT2D eigenvalue weighted by Crippen LogP contribution is -2.36. The summed E-state index contributed by atoms with van der Waals surface area (Å²) >= 11 is 0. The van der Waals surface area contributed by atoms with Crippen molar-refractivity contribution >= 4 is 22.1 Å². The molecule has 0 spiro atoms. The Morgan fingerprint density at radius 3 is 2.00 bits per heavy atom. The van der Waals surface area contributed by atoms with Crippen molar-refractivity contribution in [2.24, 2.45) is 0 Å². The van der Waals surface area contributed by atoms with Crippen molar-refractivity contribution in [2.75, 3.05) is 0 Å². The number of carbonyl (C=O) groups excluding carboxylic acids is 2. The van der Waals surface area contributed by atoms with Gasteiger partial charge in [-0.15, -0.1) is 4.31 Å². The monoisotopic (exact) mass is 195 g/mol. The quantitative estimate of drug-likeness (QED) is 0.340. The van der Waals surface area contributed by atoms with Gasteiger partial charge < -0.3 is 0 Å². The average molecular weight is 195 g/mol. The van der Waals surface area contributed by atoms with E-state index in [1.807, 2.05) is 0 Å². The van der Waals surface area contributed by atoms with Gasteiger partial charge in [-0.05, 0) is 0 Å². The third kappa shape index (κ3) is 1.31. The van der Waals surface area contributed by atoms with Gasteiger partial charge in [0.2, 0.25) is 11.8 Å². The fourth-order valence-electron chi connectivity index (χ4n) is 0.839. The van der Waals surface area contributed by atoms with Crippen LogP contribution in [0.2, 0.25) is 0 Å². The summed E-state index contributed by atoms with van der Waals surface area (Å²) in [7, 11) is -4.61. The van der Waals surface area contributed by atoms with Gasteiger partial charge in [-0.2, -0.15) is 8.42 Å². The Kier molecular flexibility index (Phi) is 2.13. The molecule has 1 N–H and O–H groups in total. The summed E-state index contributed by atoms with van der Waals surface area (Å²) in [4.78, 5) is 21.5. The second kappa shape index (κ2) is 2.81. The fourth-order valence-corrected chi connectivity index (χ4v) is 1.59. The average Bonchev–Trinajstić information content (AvgIpc) is 2.31. The highest BCUT2D eigenvalue weighted by atomic mass is 32.2. The van der Waals surface area contributed by atoms with Crippen molar-refractivity contribution in [3.63, 3.8) is 0 Å². The Balaban J connectivity index is 3.02. The van der Waals surface area contributed by atoms with Crippen molar-refractivity contribution in [3.8, 4) is 0 Å². The highest BCUT2D eigenvalue weighted by Crippen LogP contribution is 2.16. The lowest BCUT2D eigenvalue weighted by molar-refractivity contribution is -0.147. The minimum absolute atomic E-state index is 0.0903. The highest BCUT2D eigenvalue weighted by molar-refractivity contribution is 7.85. The molecule has 1 rings (SSSR count). The van der Waals surface area contributed by atoms with Crippen molar-refractivity contribution in [1.29, 1.82) is 0 Å². The zero-order chi connectivity index (χ0) is 9.35. The summed E-state index contributed by atoms with van der Waals surface area (Å²) in [6, 6.07) is 0. The first kappa shape index (κ1) is 9.10. The van der Waals surface area contributed by atoms with Crippen molar-refractivity contribution in [1.82, 2.24) is 4.31 Å². The van der Waals surface area contributed by atoms with Crippen LogP contribution in [0.4, 0.5) is 0 Å². The summed E-state index contributed by atoms with van der Waals surface area (Å²) in [5.74, 6) is -1.79. The van der Waals surface area contributed by atoms with Gasteiger partial charge in [0.25, 0.3) is 0 Å². The van der Waals surface area contributed by atoms with Gasteiger partial charge in [0, 0.05) is 12.8 Å². The maximum atomic E-state index is 10.7. The molecular formula is C4H5NO6S. The highest BCUT2D eigenvalue weighted by Gasteiger charge is 2.39. The van der Waals surface area contributed by atoms with Gasteiger partial charge in [0.1, 0.15) is 0 Å². The van der Waals surface area contributed by atoms with Crippen LogP contribution in [0.15, 0.2) is 0 Å². The maximum Gasteiger partial charge on any atom is 0.397 e. The van der Waals surface area contributed by atoms with Crippen molar-refractivity contribution in [2.45, 2.75) is 12.8 Å². The minimum atomic E-state index is -4.61. The van der Waals surface area contributed by atoms with Gasteiger partial charge in [-0.1, -0.05) is 4.33 Å². The Morgan fingerprint density at radius 1 is 1.25 bits per heavy atom. The van der Waals surface area contributed by atoms with Crippen LogP contribution in [0.25, 0.3) is 0 Å². The molecule has 1 heterocycles. The molecule has 8 heteroatoms. The molecule has 1 aliphatic heterocycles. The lowest BCUT2D eigenvalue weighted by Gasteiger charge is -2.08. The van der Waals surface area contributed by atoms with E-state index >= 15 is 0 Å². The van der Waals surface area contributed by atoms with E-state index in [0.29, 0.717) is 0 Å². The largest absolute Gasteiger partial charge is 0.397 e. The minimum Gasteiger partial charge on any atom is -0.273 e. The molecule has 0 saturated carbocycles. The molecule has 0 radical (unpaired) electrons. The number of nitrogens with zero attached hydrogens (tertiary/aromatic N) is 1. The van der Waals surface area contributed by atoms with Crippen LogP contribution in [0, 0.1) is 0 Å². The molecule has 0 aromatic heterocycles. The summed E-state index contributed by atoms with van der Waals surface area (Å²) in [6.45, 7) is 0. The van der Waals surface area contributed by atoms with E-state index in [0.717, 1.165) is 0 Å². The maximum absolute atomic E-state index is 10.7. The van der Waals surface area contributed by atoms with E-state index in [1.165, 1.54) is 0 Å². The van der Waals surface area contributed by atoms with Crippen LogP contribution >= 0.6 is 0 Å². The number of hydrogen-bond acceptors (Lipinski definition) is 6. The molecule has 12 heavy (non-hydrogen) atoms. The molecular weight excluding hydrogens is 190 g/mol. The van der Waals surface area contributed by atoms with Crippen LogP contribution in [0.5, 0.6) is 0 Å². The Labute approximate surface area is 67.7 Å². The van der Waals surface area contributed by atoms with Gasteiger partial charge in [-0.3, -0.25) is 9.59 Å². The normalized spacial score (nSPS) is 18.9. The predicted octanol–water partition coefficient (Wildman–Crippen LogP) is -1.13. The van der Waals surface area contributed by atoms with E-state index in [9.17, 15) is 18.0 Å². The van der Waals surface area contributed by atoms with Gasteiger partial charge in [-0.25, -0.2) is 5.26 Å². The molecule has 0 unspecified atom stereocenters. The number of rotatable bonds is 2. The van der Waals surface area contributed by atoms with Gasteiger partial charge >= 0.3 is 10.3 Å². The topological polar surface area (TPSA) is 101 Å². The summed E-state index contributed by atoms with van der Waals surface area (Å²) in [5, 5.41) is 7.86. The van der Waals surface area contributed by atoms with E-state index in [1.54, 1.807) is 0 Å². The van der Waals surface area contributed by atoms with Crippen LogP contribution in [-0.4, -0.2) is 29.8 Å². The van der Waals surface area contributed by atoms with Crippen LogP contribution in [-0.2, 0) is 24.2 Å². The van der Waals surface area contributed by atoms with Crippen molar-refractivity contribution in [3.05, 3.63) is 0 Å². The van der Waals surface area contributed by atoms with E-state index in [2.05, 4.69) is 4.33 Å². The number of hydrogen-bond donors (Lipinski definition) is 1. The molecule has 0 aliphatic carbocycles. The van der Waals surface area contributed by atoms with Crippen LogP contribution in [0.1, 0.15) is 12.8 Å². The zero-order valence-corrected chi connectivity index (χ0v) is 6.57. The smallest absolute Gasteiger partial charge is 0.273 e. The standard InChI is InChI=1S/C4H5NO6S/c6-3-1-2-4(7)5(3)12(9,10)11-8/h8H,1-2H2. The van der Waals surface area contributed by atoms with Crippen LogP contribution < -0.4 is 0 Å². The SMILES string of the molecule is O=C1CCC(=O)N1S(=O)(=O)OO. The summed E-state index contributed by atoms with van der Waals surface area (Å²) in [5.41, 5.74) is 0. The molecule has 68 valence electrons. The number of carbonyl (C=O) groups is 2. The molecule has 7 nitrogen and oxygen atoms in total. The molecule has 1 fully saturated rings. The van der Waals surface area contributed by atoms with Crippen molar-refractivity contribution < 1.29 is 27.6 Å².